The van der Waals surface area contributed by atoms with Crippen molar-refractivity contribution < 1.29 is 19.2 Å². The summed E-state index contributed by atoms with van der Waals surface area (Å²) in [4.78, 5) is 34.2. The van der Waals surface area contributed by atoms with Gasteiger partial charge >= 0.3 is 5.97 Å². The minimum Gasteiger partial charge on any atom is -0.449 e. The Balaban J connectivity index is 1.99. The Morgan fingerprint density at radius 2 is 1.88 bits per heavy atom. The fourth-order valence-electron chi connectivity index (χ4n) is 1.81. The number of hydrogen-bond acceptors (Lipinski definition) is 5. The molecule has 0 aliphatic heterocycles. The molecule has 2 aromatic carbocycles. The monoisotopic (exact) mass is 440 g/mol. The Morgan fingerprint density at radius 1 is 1.21 bits per heavy atom. The first-order valence-corrected chi connectivity index (χ1v) is 7.96. The maximum absolute atomic E-state index is 12.1. The van der Waals surface area contributed by atoms with Crippen LogP contribution in [0.3, 0.4) is 0 Å². The number of rotatable bonds is 5. The van der Waals surface area contributed by atoms with Crippen LogP contribution in [0, 0.1) is 13.7 Å². The van der Waals surface area contributed by atoms with Crippen LogP contribution in [0.15, 0.2) is 48.5 Å². The van der Waals surface area contributed by atoms with Crippen molar-refractivity contribution in [3.8, 4) is 0 Å². The van der Waals surface area contributed by atoms with Crippen molar-refractivity contribution in [3.63, 3.8) is 0 Å². The minimum absolute atomic E-state index is 0.142. The van der Waals surface area contributed by atoms with Gasteiger partial charge in [-0.15, -0.1) is 0 Å². The van der Waals surface area contributed by atoms with Gasteiger partial charge in [0.15, 0.2) is 6.10 Å². The molecule has 0 heterocycles. The van der Waals surface area contributed by atoms with Crippen LogP contribution in [0.1, 0.15) is 17.3 Å². The fraction of sp³-hybridized carbons (Fsp3) is 0.125. The number of carbonyl (C=O) groups excluding carboxylic acids is 2. The molecule has 2 aromatic rings. The molecule has 7 nitrogen and oxygen atoms in total. The van der Waals surface area contributed by atoms with Gasteiger partial charge in [-0.25, -0.2) is 4.79 Å². The van der Waals surface area contributed by atoms with Gasteiger partial charge in [0.2, 0.25) is 0 Å². The highest BCUT2D eigenvalue weighted by Crippen LogP contribution is 2.17. The molecule has 2 rings (SSSR count). The summed E-state index contributed by atoms with van der Waals surface area (Å²) in [6.45, 7) is 1.43. The van der Waals surface area contributed by atoms with Crippen LogP contribution in [0.4, 0.5) is 11.4 Å². The molecular weight excluding hydrogens is 427 g/mol. The molecule has 8 heteroatoms. The largest absolute Gasteiger partial charge is 0.449 e. The molecule has 0 aliphatic rings. The fourth-order valence-corrected chi connectivity index (χ4v) is 2.17. The summed E-state index contributed by atoms with van der Waals surface area (Å²) in [5, 5.41) is 13.2. The second-order valence-electron chi connectivity index (χ2n) is 4.85. The van der Waals surface area contributed by atoms with E-state index in [-0.39, 0.29) is 11.4 Å². The summed E-state index contributed by atoms with van der Waals surface area (Å²) in [7, 11) is 0. The lowest BCUT2D eigenvalue weighted by Crippen LogP contribution is -2.30. The average molecular weight is 440 g/mol. The number of halogens is 1. The highest BCUT2D eigenvalue weighted by molar-refractivity contribution is 14.1. The number of hydrogen-bond donors (Lipinski definition) is 1. The van der Waals surface area contributed by atoms with Crippen LogP contribution in [0.25, 0.3) is 0 Å². The summed E-state index contributed by atoms with van der Waals surface area (Å²) in [5.74, 6) is -1.19. The number of nitro benzene ring substituents is 1. The van der Waals surface area contributed by atoms with Gasteiger partial charge in [-0.3, -0.25) is 14.9 Å². The van der Waals surface area contributed by atoms with Crippen LogP contribution in [-0.4, -0.2) is 22.9 Å². The quantitative estimate of drug-likeness (QED) is 0.333. The molecule has 0 saturated heterocycles. The maximum Gasteiger partial charge on any atom is 0.338 e. The first kappa shape index (κ1) is 17.9. The lowest BCUT2D eigenvalue weighted by molar-refractivity contribution is -0.384. The second-order valence-corrected chi connectivity index (χ2v) is 6.10. The summed E-state index contributed by atoms with van der Waals surface area (Å²) in [6.07, 6.45) is -1.05. The summed E-state index contributed by atoms with van der Waals surface area (Å²) < 4.78 is 6.07. The Hall–Kier alpha value is -2.49. The Kier molecular flexibility index (Phi) is 5.85. The number of benzene rings is 2. The SMILES string of the molecule is C[C@H](OC(=O)c1ccc(I)cc1)C(=O)Nc1cccc([N+](=O)[O-])c1. The van der Waals surface area contributed by atoms with Gasteiger partial charge in [0.25, 0.3) is 11.6 Å². The van der Waals surface area contributed by atoms with Crippen molar-refractivity contribution in [3.05, 3.63) is 67.8 Å². The molecule has 0 radical (unpaired) electrons. The first-order valence-electron chi connectivity index (χ1n) is 6.88. The average Bonchev–Trinajstić information content (AvgIpc) is 2.55. The number of anilines is 1. The number of nitrogens with zero attached hydrogens (tertiary/aromatic N) is 1. The Bertz CT molecular complexity index is 776. The van der Waals surface area contributed by atoms with Crippen molar-refractivity contribution in [1.82, 2.24) is 0 Å². The second kappa shape index (κ2) is 7.86. The zero-order chi connectivity index (χ0) is 17.7. The number of non-ortho nitro benzene ring substituents is 1. The third kappa shape index (κ3) is 4.75. The van der Waals surface area contributed by atoms with E-state index in [1.54, 1.807) is 24.3 Å². The number of amides is 1. The van der Waals surface area contributed by atoms with Gasteiger partial charge < -0.3 is 10.1 Å². The van der Waals surface area contributed by atoms with E-state index in [9.17, 15) is 19.7 Å². The summed E-state index contributed by atoms with van der Waals surface area (Å²) in [5.41, 5.74) is 0.452. The highest BCUT2D eigenvalue weighted by Gasteiger charge is 2.19. The lowest BCUT2D eigenvalue weighted by atomic mass is 10.2. The highest BCUT2D eigenvalue weighted by atomic mass is 127. The van der Waals surface area contributed by atoms with Gasteiger partial charge in [-0.05, 0) is 59.8 Å². The van der Waals surface area contributed by atoms with Gasteiger partial charge in [0, 0.05) is 21.4 Å². The van der Waals surface area contributed by atoms with E-state index in [2.05, 4.69) is 27.9 Å². The third-order valence-corrected chi connectivity index (χ3v) is 3.78. The van der Waals surface area contributed by atoms with Crippen molar-refractivity contribution in [2.75, 3.05) is 5.32 Å². The standard InChI is InChI=1S/C16H13IN2O5/c1-10(24-16(21)11-5-7-12(17)8-6-11)15(20)18-13-3-2-4-14(9-13)19(22)23/h2-10H,1H3,(H,18,20)/t10-/m0/s1. The molecule has 0 aromatic heterocycles. The van der Waals surface area contributed by atoms with Crippen molar-refractivity contribution >= 4 is 45.8 Å². The van der Waals surface area contributed by atoms with Gasteiger partial charge in [-0.1, -0.05) is 6.07 Å². The van der Waals surface area contributed by atoms with Gasteiger partial charge in [0.1, 0.15) is 0 Å². The third-order valence-electron chi connectivity index (χ3n) is 3.06. The van der Waals surface area contributed by atoms with E-state index in [1.807, 2.05) is 0 Å². The number of esters is 1. The van der Waals surface area contributed by atoms with Gasteiger partial charge in [0.05, 0.1) is 10.5 Å². The van der Waals surface area contributed by atoms with Crippen LogP contribution in [0.5, 0.6) is 0 Å². The van der Waals surface area contributed by atoms with E-state index < -0.39 is 22.9 Å². The lowest BCUT2D eigenvalue weighted by Gasteiger charge is -2.13. The van der Waals surface area contributed by atoms with Crippen LogP contribution in [-0.2, 0) is 9.53 Å². The molecule has 0 unspecified atom stereocenters. The molecule has 0 saturated carbocycles. The maximum atomic E-state index is 12.1. The predicted molar refractivity (Wildman–Crippen MR) is 95.8 cm³/mol. The molecule has 1 N–H and O–H groups in total. The number of nitro groups is 1. The zero-order valence-corrected chi connectivity index (χ0v) is 14.7. The summed E-state index contributed by atoms with van der Waals surface area (Å²) >= 11 is 2.11. The van der Waals surface area contributed by atoms with Crippen LogP contribution in [0.2, 0.25) is 0 Å². The van der Waals surface area contributed by atoms with E-state index in [0.717, 1.165) is 3.57 Å². The number of carbonyl (C=O) groups is 2. The first-order chi connectivity index (χ1) is 11.4. The van der Waals surface area contributed by atoms with E-state index in [0.29, 0.717) is 5.56 Å². The molecule has 0 fully saturated rings. The smallest absolute Gasteiger partial charge is 0.338 e. The number of nitrogens with one attached hydrogen (secondary N) is 1. The molecule has 1 amide bonds. The minimum atomic E-state index is -1.05. The topological polar surface area (TPSA) is 98.5 Å². The van der Waals surface area contributed by atoms with Crippen molar-refractivity contribution in [2.24, 2.45) is 0 Å². The van der Waals surface area contributed by atoms with Gasteiger partial charge in [-0.2, -0.15) is 0 Å². The molecule has 0 spiro atoms. The van der Waals surface area contributed by atoms with Crippen LogP contribution >= 0.6 is 22.6 Å². The number of ether oxygens (including phenoxy) is 1. The molecular formula is C16H13IN2O5. The molecule has 124 valence electrons. The van der Waals surface area contributed by atoms with Crippen molar-refractivity contribution in [2.45, 2.75) is 13.0 Å². The molecule has 24 heavy (non-hydrogen) atoms. The predicted octanol–water partition coefficient (Wildman–Crippen LogP) is 3.38. The zero-order valence-electron chi connectivity index (χ0n) is 12.6. The molecule has 0 bridgehead atoms. The van der Waals surface area contributed by atoms with Crippen molar-refractivity contribution in [1.29, 1.82) is 0 Å². The van der Waals surface area contributed by atoms with E-state index in [1.165, 1.54) is 31.2 Å². The van der Waals surface area contributed by atoms with Crippen LogP contribution < -0.4 is 5.32 Å². The van der Waals surface area contributed by atoms with E-state index in [4.69, 9.17) is 4.74 Å². The Labute approximate surface area is 151 Å². The summed E-state index contributed by atoms with van der Waals surface area (Å²) in [6, 6.07) is 12.2. The molecule has 1 atom stereocenters. The molecule has 0 aliphatic carbocycles. The normalized spacial score (nSPS) is 11.4. The van der Waals surface area contributed by atoms with E-state index >= 15 is 0 Å². The Morgan fingerprint density at radius 3 is 2.50 bits per heavy atom.